The van der Waals surface area contributed by atoms with Crippen LogP contribution >= 0.6 is 0 Å². The Morgan fingerprint density at radius 1 is 0.625 bits per heavy atom. The second-order valence-corrected chi connectivity index (χ2v) is 11.2. The summed E-state index contributed by atoms with van der Waals surface area (Å²) in [5.41, 5.74) is 3.65. The lowest BCUT2D eigenvalue weighted by Crippen LogP contribution is -2.52. The van der Waals surface area contributed by atoms with E-state index in [4.69, 9.17) is 37.9 Å². The molecule has 12 heteroatoms. The summed E-state index contributed by atoms with van der Waals surface area (Å²) in [5.74, 6) is -0.831. The lowest BCUT2D eigenvalue weighted by molar-refractivity contribution is -0.532. The van der Waals surface area contributed by atoms with Crippen LogP contribution in [0, 0.1) is 0 Å². The van der Waals surface area contributed by atoms with Crippen LogP contribution in [0.2, 0.25) is 0 Å². The first-order chi connectivity index (χ1) is 23.5. The Balaban J connectivity index is 1.65. The van der Waals surface area contributed by atoms with Crippen molar-refractivity contribution in [2.45, 2.75) is 12.0 Å². The van der Waals surface area contributed by atoms with Gasteiger partial charge in [-0.3, -0.25) is 4.79 Å². The van der Waals surface area contributed by atoms with E-state index in [2.05, 4.69) is 9.48 Å². The van der Waals surface area contributed by atoms with E-state index in [-0.39, 0.29) is 5.78 Å². The van der Waals surface area contributed by atoms with Gasteiger partial charge in [-0.15, -0.1) is 0 Å². The maximum atomic E-state index is 13.4. The Morgan fingerprint density at radius 2 is 1.08 bits per heavy atom. The highest BCUT2D eigenvalue weighted by molar-refractivity contribution is 6.11. The van der Waals surface area contributed by atoms with Crippen molar-refractivity contribution >= 4 is 17.2 Å². The molecule has 1 aromatic rings. The molecule has 0 bridgehead atoms. The molecule has 2 unspecified atom stereocenters. The summed E-state index contributed by atoms with van der Waals surface area (Å²) in [7, 11) is 6.58. The van der Waals surface area contributed by atoms with Crippen molar-refractivity contribution in [3.63, 3.8) is 0 Å². The molecule has 0 heterocycles. The van der Waals surface area contributed by atoms with Crippen molar-refractivity contribution in [1.82, 2.24) is 0 Å². The van der Waals surface area contributed by atoms with Crippen LogP contribution in [0.1, 0.15) is 11.5 Å². The highest BCUT2D eigenvalue weighted by Crippen LogP contribution is 2.39. The van der Waals surface area contributed by atoms with Gasteiger partial charge in [0.1, 0.15) is 13.2 Å². The second kappa shape index (κ2) is 23.6. The second-order valence-electron chi connectivity index (χ2n) is 11.2. The molecule has 0 amide bonds. The van der Waals surface area contributed by atoms with E-state index in [1.54, 1.807) is 28.4 Å². The van der Waals surface area contributed by atoms with Crippen molar-refractivity contribution in [2.75, 3.05) is 139 Å². The van der Waals surface area contributed by atoms with Crippen molar-refractivity contribution in [3.8, 4) is 0 Å². The van der Waals surface area contributed by atoms with Gasteiger partial charge in [0.05, 0.1) is 66.1 Å². The lowest BCUT2D eigenvalue weighted by Gasteiger charge is -2.44. The molecule has 0 saturated heterocycles. The van der Waals surface area contributed by atoms with Crippen molar-refractivity contribution in [1.29, 1.82) is 0 Å². The van der Waals surface area contributed by atoms with Crippen LogP contribution in [0.5, 0.6) is 0 Å². The van der Waals surface area contributed by atoms with Crippen molar-refractivity contribution < 1.29 is 52.4 Å². The normalized spacial score (nSPS) is 17.4. The summed E-state index contributed by atoms with van der Waals surface area (Å²) in [4.78, 5) is 15.5. The largest absolute Gasteiger partial charge is 0.848 e. The minimum atomic E-state index is -1.13. The molecule has 2 atom stereocenters. The van der Waals surface area contributed by atoms with E-state index < -0.39 is 12.0 Å². The molecule has 0 N–H and O–H groups in total. The topological polar surface area (TPSA) is 120 Å². The monoisotopic (exact) mass is 674 g/mol. The van der Waals surface area contributed by atoms with E-state index in [0.29, 0.717) is 117 Å². The summed E-state index contributed by atoms with van der Waals surface area (Å²) >= 11 is 0. The molecule has 0 aliphatic heterocycles. The number of nitrogens with zero attached hydrogens (tertiary/aromatic N) is 2. The van der Waals surface area contributed by atoms with Crippen LogP contribution in [0.15, 0.2) is 59.7 Å². The fourth-order valence-electron chi connectivity index (χ4n) is 5.31. The number of benzene rings is 1. The summed E-state index contributed by atoms with van der Waals surface area (Å²) < 4.78 is 45.1. The Kier molecular flexibility index (Phi) is 19.5. The van der Waals surface area contributed by atoms with Crippen LogP contribution in [0.3, 0.4) is 0 Å². The number of Topliss-reactive ketones (excluding diaryl/α,β-unsaturated/α-hetero) is 1. The standard InChI is InChI=1S/C36H54N2O10/c1-41-21-25-45-17-13-37(14-18-46-26-22-42-2)31-9-5-29(6-10-31)33-35(39)34(36(33)40)30-7-11-32(12-8-30)38(15-19-47-27-23-43-3)16-20-48-28-24-44-4/h5-12,33,35H,13-28H2,1-4H3. The molecule has 1 fully saturated rings. The van der Waals surface area contributed by atoms with Gasteiger partial charge >= 0.3 is 0 Å². The first-order valence-electron chi connectivity index (χ1n) is 16.6. The Morgan fingerprint density at radius 3 is 1.52 bits per heavy atom. The van der Waals surface area contributed by atoms with Crippen LogP contribution in [-0.2, 0) is 42.7 Å². The summed E-state index contributed by atoms with van der Waals surface area (Å²) in [6.45, 7) is 9.03. The van der Waals surface area contributed by atoms with Gasteiger partial charge in [0.25, 0.3) is 0 Å². The average Bonchev–Trinajstić information content (AvgIpc) is 3.10. The summed E-state index contributed by atoms with van der Waals surface area (Å²) in [6.07, 6.45) is 6.48. The summed E-state index contributed by atoms with van der Waals surface area (Å²) in [5, 5.41) is 13.4. The highest BCUT2D eigenvalue weighted by atomic mass is 16.5. The lowest BCUT2D eigenvalue weighted by atomic mass is 9.69. The zero-order valence-electron chi connectivity index (χ0n) is 29.1. The van der Waals surface area contributed by atoms with E-state index >= 15 is 0 Å². The number of carbonyl (C=O) groups is 1. The van der Waals surface area contributed by atoms with Crippen LogP contribution in [0.4, 0.5) is 5.69 Å². The number of hydrogen-bond donors (Lipinski definition) is 0. The van der Waals surface area contributed by atoms with Crippen molar-refractivity contribution in [2.24, 2.45) is 0 Å². The average molecular weight is 675 g/mol. The fourth-order valence-corrected chi connectivity index (χ4v) is 5.31. The molecule has 0 spiro atoms. The molecule has 0 radical (unpaired) electrons. The Bertz CT molecular complexity index is 1150. The Labute approximate surface area is 285 Å². The number of hydrogen-bond acceptors (Lipinski definition) is 11. The predicted molar refractivity (Wildman–Crippen MR) is 181 cm³/mol. The maximum absolute atomic E-state index is 13.4. The molecule has 3 rings (SSSR count). The molecule has 1 saturated carbocycles. The van der Waals surface area contributed by atoms with Gasteiger partial charge in [0.15, 0.2) is 24.6 Å². The number of ketones is 1. The van der Waals surface area contributed by atoms with E-state index in [1.165, 1.54) is 0 Å². The van der Waals surface area contributed by atoms with Crippen LogP contribution in [0.25, 0.3) is 0 Å². The van der Waals surface area contributed by atoms with Gasteiger partial charge < -0.3 is 47.9 Å². The SMILES string of the molecule is COCCOCCN(CCOCCOC)c1ccc(C2C(=O)C(=C3C=CC(=[N+](CCOCCOC)CCOCCOC)C=C3)C2[O-])cc1. The minimum Gasteiger partial charge on any atom is -0.848 e. The molecule has 268 valence electrons. The number of ether oxygens (including phenoxy) is 8. The third-order valence-electron chi connectivity index (χ3n) is 8.05. The number of allylic oxidation sites excluding steroid dienone is 5. The predicted octanol–water partition coefficient (Wildman–Crippen LogP) is 1.42. The molecule has 48 heavy (non-hydrogen) atoms. The van der Waals surface area contributed by atoms with Crippen molar-refractivity contribution in [3.05, 3.63) is 65.3 Å². The molecular formula is C36H54N2O10. The maximum Gasteiger partial charge on any atom is 0.200 e. The van der Waals surface area contributed by atoms with E-state index in [9.17, 15) is 9.90 Å². The third kappa shape index (κ3) is 12.9. The molecule has 0 aromatic heterocycles. The van der Waals surface area contributed by atoms with Crippen LogP contribution in [-0.4, -0.2) is 156 Å². The molecule has 1 aromatic carbocycles. The first-order valence-corrected chi connectivity index (χ1v) is 16.6. The minimum absolute atomic E-state index is 0.125. The van der Waals surface area contributed by atoms with Gasteiger partial charge in [-0.25, -0.2) is 4.58 Å². The number of anilines is 1. The summed E-state index contributed by atoms with van der Waals surface area (Å²) in [6, 6.07) is 7.68. The van der Waals surface area contributed by atoms with Gasteiger partial charge in [-0.05, 0) is 41.0 Å². The smallest absolute Gasteiger partial charge is 0.200 e. The fraction of sp³-hybridized carbons (Fsp3) is 0.611. The molecular weight excluding hydrogens is 620 g/mol. The third-order valence-corrected chi connectivity index (χ3v) is 8.05. The first kappa shape index (κ1) is 39.7. The van der Waals surface area contributed by atoms with Gasteiger partial charge in [-0.1, -0.05) is 18.2 Å². The van der Waals surface area contributed by atoms with Gasteiger partial charge in [-0.2, -0.15) is 0 Å². The molecule has 2 aliphatic rings. The Hall–Kier alpha value is -2.78. The van der Waals surface area contributed by atoms with Gasteiger partial charge in [0, 0.05) is 65.3 Å². The number of rotatable bonds is 26. The van der Waals surface area contributed by atoms with Crippen LogP contribution < -0.4 is 10.0 Å². The highest BCUT2D eigenvalue weighted by Gasteiger charge is 2.40. The quantitative estimate of drug-likeness (QED) is 0.0807. The number of carbonyl (C=O) groups excluding carboxylic acids is 1. The zero-order valence-corrected chi connectivity index (χ0v) is 29.1. The molecule has 12 nitrogen and oxygen atoms in total. The van der Waals surface area contributed by atoms with Gasteiger partial charge in [0.2, 0.25) is 0 Å². The van der Waals surface area contributed by atoms with E-state index in [1.807, 2.05) is 48.6 Å². The number of methoxy groups -OCH3 is 4. The zero-order chi connectivity index (χ0) is 34.4. The molecule has 2 aliphatic carbocycles. The van der Waals surface area contributed by atoms with E-state index in [0.717, 1.165) is 17.0 Å².